The van der Waals surface area contributed by atoms with Gasteiger partial charge in [0.1, 0.15) is 6.04 Å². The van der Waals surface area contributed by atoms with E-state index in [4.69, 9.17) is 0 Å². The van der Waals surface area contributed by atoms with E-state index in [0.717, 1.165) is 22.2 Å². The molecular formula is C21H22N4O2. The Hall–Kier alpha value is -3.15. The second-order valence-electron chi connectivity index (χ2n) is 6.92. The summed E-state index contributed by atoms with van der Waals surface area (Å²) in [4.78, 5) is 34.5. The molecule has 1 saturated heterocycles. The number of carbonyl (C=O) groups is 2. The van der Waals surface area contributed by atoms with Gasteiger partial charge in [0.25, 0.3) is 0 Å². The van der Waals surface area contributed by atoms with Crippen molar-refractivity contribution in [3.63, 3.8) is 0 Å². The van der Waals surface area contributed by atoms with Crippen LogP contribution in [0.3, 0.4) is 0 Å². The molecule has 2 aromatic heterocycles. The summed E-state index contributed by atoms with van der Waals surface area (Å²) in [5.41, 5.74) is 2.86. The minimum atomic E-state index is -0.447. The predicted molar refractivity (Wildman–Crippen MR) is 103 cm³/mol. The third kappa shape index (κ3) is 3.43. The van der Waals surface area contributed by atoms with E-state index in [1.54, 1.807) is 11.1 Å². The minimum absolute atomic E-state index is 0.0194. The summed E-state index contributed by atoms with van der Waals surface area (Å²) in [7, 11) is 0. The predicted octanol–water partition coefficient (Wildman–Crippen LogP) is 2.93. The molecule has 2 unspecified atom stereocenters. The lowest BCUT2D eigenvalue weighted by Crippen LogP contribution is -2.45. The average molecular weight is 362 g/mol. The van der Waals surface area contributed by atoms with Crippen LogP contribution in [0.1, 0.15) is 37.1 Å². The molecule has 138 valence electrons. The van der Waals surface area contributed by atoms with Crippen molar-refractivity contribution >= 4 is 22.7 Å². The highest BCUT2D eigenvalue weighted by Gasteiger charge is 2.36. The first-order valence-corrected chi connectivity index (χ1v) is 9.19. The van der Waals surface area contributed by atoms with Crippen molar-refractivity contribution < 1.29 is 9.59 Å². The fourth-order valence-electron chi connectivity index (χ4n) is 3.67. The second-order valence-corrected chi connectivity index (χ2v) is 6.92. The number of H-pyrrole nitrogens is 1. The Morgan fingerprint density at radius 1 is 1.30 bits per heavy atom. The lowest BCUT2D eigenvalue weighted by Gasteiger charge is -2.25. The maximum atomic E-state index is 12.8. The average Bonchev–Trinajstić information content (AvgIpc) is 3.27. The van der Waals surface area contributed by atoms with E-state index in [9.17, 15) is 9.59 Å². The monoisotopic (exact) mass is 362 g/mol. The molecule has 2 amide bonds. The van der Waals surface area contributed by atoms with Crippen molar-refractivity contribution in [1.29, 1.82) is 0 Å². The van der Waals surface area contributed by atoms with Crippen LogP contribution in [0.25, 0.3) is 10.9 Å². The molecule has 0 bridgehead atoms. The highest BCUT2D eigenvalue weighted by atomic mass is 16.2. The Balaban J connectivity index is 1.50. The summed E-state index contributed by atoms with van der Waals surface area (Å²) >= 11 is 0. The molecule has 27 heavy (non-hydrogen) atoms. The van der Waals surface area contributed by atoms with Crippen LogP contribution in [-0.4, -0.2) is 32.7 Å². The topological polar surface area (TPSA) is 78.1 Å². The number of likely N-dealkylation sites (tertiary alicyclic amines) is 1. The molecule has 1 aromatic carbocycles. The van der Waals surface area contributed by atoms with Gasteiger partial charge in [0.15, 0.2) is 0 Å². The van der Waals surface area contributed by atoms with Crippen LogP contribution in [-0.2, 0) is 16.1 Å². The maximum absolute atomic E-state index is 12.8. The summed E-state index contributed by atoms with van der Waals surface area (Å²) in [5, 5.41) is 4.08. The van der Waals surface area contributed by atoms with Gasteiger partial charge in [-0.2, -0.15) is 0 Å². The van der Waals surface area contributed by atoms with E-state index in [2.05, 4.69) is 15.3 Å². The molecule has 3 heterocycles. The van der Waals surface area contributed by atoms with Gasteiger partial charge in [-0.15, -0.1) is 0 Å². The van der Waals surface area contributed by atoms with Crippen LogP contribution in [0.4, 0.5) is 0 Å². The number of benzene rings is 1. The normalized spacial score (nSPS) is 18.0. The minimum Gasteiger partial charge on any atom is -0.361 e. The first kappa shape index (κ1) is 17.3. The highest BCUT2D eigenvalue weighted by molar-refractivity contribution is 5.91. The number of hydrogen-bond donors (Lipinski definition) is 2. The van der Waals surface area contributed by atoms with Crippen molar-refractivity contribution in [3.8, 4) is 0 Å². The van der Waals surface area contributed by atoms with Crippen LogP contribution in [0.2, 0.25) is 0 Å². The second kappa shape index (κ2) is 7.23. The Morgan fingerprint density at radius 3 is 2.93 bits per heavy atom. The number of para-hydroxylation sites is 1. The van der Waals surface area contributed by atoms with Gasteiger partial charge in [0.05, 0.1) is 11.7 Å². The lowest BCUT2D eigenvalue weighted by molar-refractivity contribution is -0.136. The zero-order valence-corrected chi connectivity index (χ0v) is 15.2. The van der Waals surface area contributed by atoms with Gasteiger partial charge >= 0.3 is 0 Å². The molecule has 0 saturated carbocycles. The highest BCUT2D eigenvalue weighted by Crippen LogP contribution is 2.26. The summed E-state index contributed by atoms with van der Waals surface area (Å²) in [5.74, 6) is -0.107. The zero-order valence-electron chi connectivity index (χ0n) is 15.2. The molecule has 1 fully saturated rings. The third-order valence-corrected chi connectivity index (χ3v) is 5.14. The van der Waals surface area contributed by atoms with Crippen molar-refractivity contribution in [2.75, 3.05) is 0 Å². The van der Waals surface area contributed by atoms with Gasteiger partial charge < -0.3 is 15.2 Å². The summed E-state index contributed by atoms with van der Waals surface area (Å²) in [6.07, 6.45) is 4.57. The van der Waals surface area contributed by atoms with E-state index in [1.165, 1.54) is 0 Å². The molecule has 6 nitrogen and oxygen atoms in total. The third-order valence-electron chi connectivity index (χ3n) is 5.14. The first-order chi connectivity index (χ1) is 13.1. The molecule has 2 N–H and O–H groups in total. The fraction of sp³-hybridized carbons (Fsp3) is 0.286. The fourth-order valence-corrected chi connectivity index (χ4v) is 3.67. The number of rotatable bonds is 5. The van der Waals surface area contributed by atoms with Crippen molar-refractivity contribution in [2.24, 2.45) is 0 Å². The van der Waals surface area contributed by atoms with E-state index < -0.39 is 6.04 Å². The Morgan fingerprint density at radius 2 is 2.11 bits per heavy atom. The first-order valence-electron chi connectivity index (χ1n) is 9.19. The van der Waals surface area contributed by atoms with Crippen LogP contribution >= 0.6 is 0 Å². The number of fused-ring (bicyclic) bond motifs is 1. The number of amides is 2. The quantitative estimate of drug-likeness (QED) is 0.732. The molecule has 2 atom stereocenters. The molecule has 1 aliphatic heterocycles. The Kier molecular flexibility index (Phi) is 4.62. The molecule has 4 rings (SSSR count). The molecular weight excluding hydrogens is 340 g/mol. The summed E-state index contributed by atoms with van der Waals surface area (Å²) < 4.78 is 0. The van der Waals surface area contributed by atoms with Crippen LogP contribution in [0, 0.1) is 0 Å². The molecule has 0 aliphatic carbocycles. The van der Waals surface area contributed by atoms with E-state index in [0.29, 0.717) is 19.4 Å². The number of nitrogens with zero attached hydrogens (tertiary/aromatic N) is 2. The number of carbonyl (C=O) groups excluding carboxylic acids is 2. The molecule has 6 heteroatoms. The molecule has 0 radical (unpaired) electrons. The van der Waals surface area contributed by atoms with Crippen molar-refractivity contribution in [2.45, 2.75) is 38.4 Å². The van der Waals surface area contributed by atoms with Crippen LogP contribution in [0.5, 0.6) is 0 Å². The standard InChI is InChI=1S/C21H22N4O2/c1-14(17-7-4-5-11-22-17)24-21(27)19-9-10-20(26)25(19)13-15-12-23-18-8-3-2-6-16(15)18/h2-8,11-12,14,19,23H,9-10,13H2,1H3,(H,24,27). The van der Waals surface area contributed by atoms with Gasteiger partial charge in [-0.3, -0.25) is 14.6 Å². The van der Waals surface area contributed by atoms with Crippen molar-refractivity contribution in [1.82, 2.24) is 20.2 Å². The number of aromatic amines is 1. The van der Waals surface area contributed by atoms with Crippen molar-refractivity contribution in [3.05, 3.63) is 66.1 Å². The Bertz CT molecular complexity index is 966. The van der Waals surface area contributed by atoms with Gasteiger partial charge in [-0.05, 0) is 37.1 Å². The van der Waals surface area contributed by atoms with Gasteiger partial charge in [0.2, 0.25) is 11.8 Å². The maximum Gasteiger partial charge on any atom is 0.243 e. The number of hydrogen-bond acceptors (Lipinski definition) is 3. The molecule has 3 aromatic rings. The van der Waals surface area contributed by atoms with Crippen LogP contribution in [0.15, 0.2) is 54.9 Å². The zero-order chi connectivity index (χ0) is 18.8. The lowest BCUT2D eigenvalue weighted by atomic mass is 10.1. The largest absolute Gasteiger partial charge is 0.361 e. The smallest absolute Gasteiger partial charge is 0.243 e. The molecule has 0 spiro atoms. The van der Waals surface area contributed by atoms with E-state index in [1.807, 2.05) is 55.6 Å². The number of pyridine rings is 1. The number of nitrogens with one attached hydrogen (secondary N) is 2. The SMILES string of the molecule is CC(NC(=O)C1CCC(=O)N1Cc1c[nH]c2ccccc12)c1ccccn1. The Labute approximate surface area is 157 Å². The van der Waals surface area contributed by atoms with E-state index in [-0.39, 0.29) is 17.9 Å². The molecule has 1 aliphatic rings. The van der Waals surface area contributed by atoms with E-state index >= 15 is 0 Å². The summed E-state index contributed by atoms with van der Waals surface area (Å²) in [6, 6.07) is 13.0. The number of aromatic nitrogens is 2. The van der Waals surface area contributed by atoms with Crippen LogP contribution < -0.4 is 5.32 Å². The van der Waals surface area contributed by atoms with Gasteiger partial charge in [-0.25, -0.2) is 0 Å². The summed E-state index contributed by atoms with van der Waals surface area (Å²) in [6.45, 7) is 2.33. The van der Waals surface area contributed by atoms with Gasteiger partial charge in [0, 0.05) is 36.3 Å². The van der Waals surface area contributed by atoms with Gasteiger partial charge in [-0.1, -0.05) is 24.3 Å².